The number of halogens is 3. The van der Waals surface area contributed by atoms with Crippen LogP contribution in [0.5, 0.6) is 0 Å². The fraction of sp³-hybridized carbons (Fsp3) is 0.176. The number of anilines is 2. The van der Waals surface area contributed by atoms with Gasteiger partial charge in [0, 0.05) is 13.1 Å². The van der Waals surface area contributed by atoms with E-state index in [-0.39, 0.29) is 16.9 Å². The largest absolute Gasteiger partial charge is 0.452 e. The van der Waals surface area contributed by atoms with Gasteiger partial charge in [-0.15, -0.1) is 0 Å². The molecule has 0 unspecified atom stereocenters. The number of hydrogen-bond donors (Lipinski definition) is 2. The van der Waals surface area contributed by atoms with Crippen molar-refractivity contribution >= 4 is 28.9 Å². The smallest absolute Gasteiger partial charge is 0.418 e. The molecule has 28 heavy (non-hydrogen) atoms. The van der Waals surface area contributed by atoms with E-state index in [1.165, 1.54) is 31.3 Å². The van der Waals surface area contributed by atoms with E-state index < -0.39 is 40.8 Å². The number of amides is 1. The lowest BCUT2D eigenvalue weighted by molar-refractivity contribution is -0.384. The standard InChI is InChI=1S/C17H14F3N3O5/c1-21-13-7-6-10(8-14(13)23(26)27)16(25)28-9-15(24)22-12-5-3-2-4-11(12)17(18,19)20/h2-8,21H,9H2,1H3,(H,22,24). The van der Waals surface area contributed by atoms with Crippen molar-refractivity contribution in [2.45, 2.75) is 6.18 Å². The Bertz CT molecular complexity index is 915. The number of nitrogens with zero attached hydrogens (tertiary/aromatic N) is 1. The number of rotatable bonds is 6. The van der Waals surface area contributed by atoms with Gasteiger partial charge >= 0.3 is 12.1 Å². The molecule has 0 atom stereocenters. The van der Waals surface area contributed by atoms with Gasteiger partial charge in [-0.2, -0.15) is 13.2 Å². The van der Waals surface area contributed by atoms with Gasteiger partial charge in [0.1, 0.15) is 5.69 Å². The molecular formula is C17H14F3N3O5. The predicted octanol–water partition coefficient (Wildman–Crippen LogP) is 3.45. The lowest BCUT2D eigenvalue weighted by Gasteiger charge is -2.13. The molecule has 148 valence electrons. The van der Waals surface area contributed by atoms with E-state index in [0.29, 0.717) is 0 Å². The van der Waals surface area contributed by atoms with Gasteiger partial charge < -0.3 is 15.4 Å². The minimum absolute atomic E-state index is 0.169. The molecule has 0 heterocycles. The third-order valence-electron chi connectivity index (χ3n) is 3.54. The number of carbonyl (C=O) groups is 2. The van der Waals surface area contributed by atoms with E-state index in [0.717, 1.165) is 18.2 Å². The third-order valence-corrected chi connectivity index (χ3v) is 3.54. The van der Waals surface area contributed by atoms with Crippen LogP contribution in [0.25, 0.3) is 0 Å². The van der Waals surface area contributed by atoms with Gasteiger partial charge in [0.25, 0.3) is 11.6 Å². The van der Waals surface area contributed by atoms with E-state index in [4.69, 9.17) is 4.74 Å². The number of carbonyl (C=O) groups excluding carboxylic acids is 2. The zero-order valence-corrected chi connectivity index (χ0v) is 14.4. The molecule has 0 radical (unpaired) electrons. The van der Waals surface area contributed by atoms with Crippen molar-refractivity contribution in [1.29, 1.82) is 0 Å². The quantitative estimate of drug-likeness (QED) is 0.439. The van der Waals surface area contributed by atoms with Crippen molar-refractivity contribution in [3.63, 3.8) is 0 Å². The van der Waals surface area contributed by atoms with Gasteiger partial charge in [-0.05, 0) is 24.3 Å². The summed E-state index contributed by atoms with van der Waals surface area (Å²) in [6, 6.07) is 7.82. The normalized spacial score (nSPS) is 10.9. The first-order chi connectivity index (χ1) is 13.1. The van der Waals surface area contributed by atoms with Crippen LogP contribution in [0.15, 0.2) is 42.5 Å². The van der Waals surface area contributed by atoms with Crippen LogP contribution in [0.1, 0.15) is 15.9 Å². The van der Waals surface area contributed by atoms with E-state index in [1.54, 1.807) is 0 Å². The van der Waals surface area contributed by atoms with Crippen LogP contribution in [-0.2, 0) is 15.7 Å². The first-order valence-electron chi connectivity index (χ1n) is 7.73. The topological polar surface area (TPSA) is 111 Å². The summed E-state index contributed by atoms with van der Waals surface area (Å²) in [4.78, 5) is 34.1. The van der Waals surface area contributed by atoms with Crippen molar-refractivity contribution in [1.82, 2.24) is 0 Å². The average Bonchev–Trinajstić information content (AvgIpc) is 2.65. The van der Waals surface area contributed by atoms with Gasteiger partial charge in [0.15, 0.2) is 6.61 Å². The molecule has 0 aromatic heterocycles. The number of esters is 1. The maximum absolute atomic E-state index is 12.9. The number of benzene rings is 2. The van der Waals surface area contributed by atoms with E-state index in [2.05, 4.69) is 5.32 Å². The summed E-state index contributed by atoms with van der Waals surface area (Å²) < 4.78 is 43.4. The van der Waals surface area contributed by atoms with Crippen LogP contribution < -0.4 is 10.6 Å². The second-order valence-corrected chi connectivity index (χ2v) is 5.41. The number of nitro groups is 1. The number of hydrogen-bond acceptors (Lipinski definition) is 6. The molecule has 0 fully saturated rings. The molecule has 2 rings (SSSR count). The molecule has 11 heteroatoms. The Morgan fingerprint density at radius 3 is 2.43 bits per heavy atom. The molecule has 0 aliphatic rings. The summed E-state index contributed by atoms with van der Waals surface area (Å²) in [6.07, 6.45) is -4.67. The fourth-order valence-corrected chi connectivity index (χ4v) is 2.26. The minimum Gasteiger partial charge on any atom is -0.452 e. The minimum atomic E-state index is -4.67. The Hall–Kier alpha value is -3.63. The summed E-state index contributed by atoms with van der Waals surface area (Å²) in [5.74, 6) is -2.03. The molecule has 2 N–H and O–H groups in total. The van der Waals surface area contributed by atoms with E-state index >= 15 is 0 Å². The molecule has 2 aromatic carbocycles. The molecule has 0 saturated carbocycles. The average molecular weight is 397 g/mol. The maximum atomic E-state index is 12.9. The van der Waals surface area contributed by atoms with Crippen molar-refractivity contribution < 1.29 is 32.4 Å². The van der Waals surface area contributed by atoms with E-state index in [1.807, 2.05) is 5.32 Å². The van der Waals surface area contributed by atoms with Crippen LogP contribution in [0.4, 0.5) is 30.2 Å². The highest BCUT2D eigenvalue weighted by Crippen LogP contribution is 2.34. The highest BCUT2D eigenvalue weighted by molar-refractivity contribution is 5.96. The number of alkyl halides is 3. The van der Waals surface area contributed by atoms with Gasteiger partial charge in [-0.25, -0.2) is 4.79 Å². The SMILES string of the molecule is CNc1ccc(C(=O)OCC(=O)Nc2ccccc2C(F)(F)F)cc1[N+](=O)[O-]. The maximum Gasteiger partial charge on any atom is 0.418 e. The highest BCUT2D eigenvalue weighted by Gasteiger charge is 2.33. The Kier molecular flexibility index (Phi) is 6.18. The van der Waals surface area contributed by atoms with Gasteiger partial charge in [-0.1, -0.05) is 12.1 Å². The molecule has 1 amide bonds. The molecule has 8 nitrogen and oxygen atoms in total. The van der Waals surface area contributed by atoms with Gasteiger partial charge in [-0.3, -0.25) is 14.9 Å². The lowest BCUT2D eigenvalue weighted by atomic mass is 10.1. The summed E-state index contributed by atoms with van der Waals surface area (Å²) in [5.41, 5.74) is -1.92. The van der Waals surface area contributed by atoms with E-state index in [9.17, 15) is 32.9 Å². The fourth-order valence-electron chi connectivity index (χ4n) is 2.26. The first kappa shape index (κ1) is 20.7. The zero-order valence-electron chi connectivity index (χ0n) is 14.4. The number of ether oxygens (including phenoxy) is 1. The third kappa shape index (κ3) is 4.96. The monoisotopic (exact) mass is 397 g/mol. The molecule has 0 aliphatic heterocycles. The number of para-hydroxylation sites is 1. The molecule has 0 aliphatic carbocycles. The second kappa shape index (κ2) is 8.37. The van der Waals surface area contributed by atoms with Crippen molar-refractivity contribution in [2.24, 2.45) is 0 Å². The highest BCUT2D eigenvalue weighted by atomic mass is 19.4. The summed E-state index contributed by atoms with van der Waals surface area (Å²) in [7, 11) is 1.46. The zero-order chi connectivity index (χ0) is 20.9. The Morgan fingerprint density at radius 1 is 1.14 bits per heavy atom. The van der Waals surface area contributed by atoms with Crippen molar-refractivity contribution in [3.05, 3.63) is 63.7 Å². The molecule has 2 aromatic rings. The summed E-state index contributed by atoms with van der Waals surface area (Å²) >= 11 is 0. The molecule has 0 saturated heterocycles. The molecular weight excluding hydrogens is 383 g/mol. The Balaban J connectivity index is 2.05. The second-order valence-electron chi connectivity index (χ2n) is 5.41. The Morgan fingerprint density at radius 2 is 1.82 bits per heavy atom. The van der Waals surface area contributed by atoms with Crippen LogP contribution in [0, 0.1) is 10.1 Å². The number of nitrogens with one attached hydrogen (secondary N) is 2. The van der Waals surface area contributed by atoms with Crippen LogP contribution in [0.2, 0.25) is 0 Å². The van der Waals surface area contributed by atoms with Gasteiger partial charge in [0.2, 0.25) is 0 Å². The van der Waals surface area contributed by atoms with Crippen molar-refractivity contribution in [3.8, 4) is 0 Å². The summed E-state index contributed by atoms with van der Waals surface area (Å²) in [6.45, 7) is -0.868. The van der Waals surface area contributed by atoms with Crippen molar-refractivity contribution in [2.75, 3.05) is 24.3 Å². The first-order valence-corrected chi connectivity index (χ1v) is 7.73. The van der Waals surface area contributed by atoms with Crippen LogP contribution in [-0.4, -0.2) is 30.5 Å². The lowest BCUT2D eigenvalue weighted by Crippen LogP contribution is -2.22. The predicted molar refractivity (Wildman–Crippen MR) is 93.0 cm³/mol. The van der Waals surface area contributed by atoms with Crippen LogP contribution >= 0.6 is 0 Å². The van der Waals surface area contributed by atoms with Gasteiger partial charge in [0.05, 0.1) is 21.7 Å². The number of nitro benzene ring substituents is 1. The Labute approximate surface area is 156 Å². The van der Waals surface area contributed by atoms with Crippen LogP contribution in [0.3, 0.4) is 0 Å². The molecule has 0 spiro atoms. The summed E-state index contributed by atoms with van der Waals surface area (Å²) in [5, 5.41) is 15.6. The molecule has 0 bridgehead atoms.